The van der Waals surface area contributed by atoms with Gasteiger partial charge in [0.1, 0.15) is 17.1 Å². The summed E-state index contributed by atoms with van der Waals surface area (Å²) < 4.78 is 10.0. The maximum atomic E-state index is 5.73. The Labute approximate surface area is 180 Å². The van der Waals surface area contributed by atoms with E-state index in [1.165, 1.54) is 37.2 Å². The van der Waals surface area contributed by atoms with E-state index in [9.17, 15) is 0 Å². The van der Waals surface area contributed by atoms with E-state index < -0.39 is 0 Å². The number of ether oxygens (including phenoxy) is 1. The third kappa shape index (κ3) is 2.91. The molecular formula is C23H28BrN4O+. The Kier molecular flexibility index (Phi) is 4.48. The first-order chi connectivity index (χ1) is 14.0. The van der Waals surface area contributed by atoms with Crippen molar-refractivity contribution in [1.29, 1.82) is 0 Å². The van der Waals surface area contributed by atoms with Gasteiger partial charge in [0.25, 0.3) is 0 Å². The molecule has 5 nitrogen and oxygen atoms in total. The topological polar surface area (TPSA) is 39.4 Å². The van der Waals surface area contributed by atoms with Crippen molar-refractivity contribution in [1.82, 2.24) is 18.9 Å². The van der Waals surface area contributed by atoms with Crippen molar-refractivity contribution >= 4 is 27.4 Å². The van der Waals surface area contributed by atoms with E-state index in [1.54, 1.807) is 7.11 Å². The fraction of sp³-hybridized carbons (Fsp3) is 0.478. The fourth-order valence-corrected chi connectivity index (χ4v) is 5.65. The van der Waals surface area contributed by atoms with E-state index in [1.807, 2.05) is 6.20 Å². The number of quaternary nitrogens is 1. The molecule has 0 N–H and O–H groups in total. The second-order valence-electron chi connectivity index (χ2n) is 8.64. The zero-order chi connectivity index (χ0) is 20.3. The van der Waals surface area contributed by atoms with Crippen LogP contribution in [0.25, 0.3) is 16.9 Å². The molecule has 0 radical (unpaired) electrons. The maximum Gasteiger partial charge on any atom is 0.236 e. The van der Waals surface area contributed by atoms with Crippen molar-refractivity contribution in [2.24, 2.45) is 0 Å². The van der Waals surface area contributed by atoms with Gasteiger partial charge in [0.2, 0.25) is 5.82 Å². The molecule has 2 heterocycles. The number of nitrogens with zero attached hydrogens (tertiary/aromatic N) is 4. The minimum Gasteiger partial charge on any atom is -0.496 e. The minimum atomic E-state index is 0.727. The van der Waals surface area contributed by atoms with Crippen LogP contribution in [0, 0.1) is 6.92 Å². The molecule has 2 saturated carbocycles. The summed E-state index contributed by atoms with van der Waals surface area (Å²) in [6.07, 6.45) is 10.2. The van der Waals surface area contributed by atoms with Crippen molar-refractivity contribution in [3.05, 3.63) is 40.3 Å². The monoisotopic (exact) mass is 455 g/mol. The lowest BCUT2D eigenvalue weighted by atomic mass is 10.1. The number of hydrogen-bond donors (Lipinski definition) is 0. The average molecular weight is 456 g/mol. The molecule has 1 aromatic carbocycles. The number of aromatic nitrogens is 3. The quantitative estimate of drug-likeness (QED) is 0.473. The van der Waals surface area contributed by atoms with Crippen molar-refractivity contribution in [3.8, 4) is 17.0 Å². The predicted molar refractivity (Wildman–Crippen MR) is 121 cm³/mol. The molecule has 0 spiro atoms. The summed E-state index contributed by atoms with van der Waals surface area (Å²) in [4.78, 5) is 9.91. The van der Waals surface area contributed by atoms with Crippen LogP contribution in [0.5, 0.6) is 5.75 Å². The summed E-state index contributed by atoms with van der Waals surface area (Å²) in [6, 6.07) is 5.63. The van der Waals surface area contributed by atoms with Gasteiger partial charge in [-0.25, -0.2) is 4.98 Å². The normalized spacial score (nSPS) is 17.1. The van der Waals surface area contributed by atoms with Crippen LogP contribution in [0.15, 0.2) is 29.0 Å². The highest BCUT2D eigenvalue weighted by atomic mass is 79.9. The van der Waals surface area contributed by atoms with Crippen molar-refractivity contribution < 1.29 is 4.74 Å². The molecule has 0 amide bonds. The van der Waals surface area contributed by atoms with E-state index >= 15 is 0 Å². The Balaban J connectivity index is 1.79. The third-order valence-electron chi connectivity index (χ3n) is 6.64. The lowest BCUT2D eigenvalue weighted by Crippen LogP contribution is -2.50. The molecule has 0 unspecified atom stereocenters. The van der Waals surface area contributed by atoms with Gasteiger partial charge >= 0.3 is 0 Å². The van der Waals surface area contributed by atoms with Gasteiger partial charge in [-0.15, -0.1) is 0 Å². The zero-order valence-electron chi connectivity index (χ0n) is 17.6. The molecule has 2 aliphatic carbocycles. The highest BCUT2D eigenvalue weighted by molar-refractivity contribution is 9.10. The van der Waals surface area contributed by atoms with E-state index in [0.29, 0.717) is 0 Å². The Morgan fingerprint density at radius 1 is 1.21 bits per heavy atom. The summed E-state index contributed by atoms with van der Waals surface area (Å²) in [5, 5.41) is 0. The van der Waals surface area contributed by atoms with Gasteiger partial charge < -0.3 is 4.74 Å². The van der Waals surface area contributed by atoms with Crippen LogP contribution in [-0.4, -0.2) is 40.6 Å². The number of aryl methyl sites for hydroxylation is 2. The first-order valence-electron chi connectivity index (χ1n) is 10.6. The van der Waals surface area contributed by atoms with Crippen LogP contribution < -0.4 is 9.22 Å². The molecule has 6 heteroatoms. The lowest BCUT2D eigenvalue weighted by Gasteiger charge is -2.34. The van der Waals surface area contributed by atoms with Gasteiger partial charge in [-0.3, -0.25) is 13.9 Å². The fourth-order valence-electron chi connectivity index (χ4n) is 4.90. The first-order valence-corrected chi connectivity index (χ1v) is 11.3. The van der Waals surface area contributed by atoms with Crippen molar-refractivity contribution in [2.45, 2.75) is 58.0 Å². The molecule has 0 aliphatic heterocycles. The van der Waals surface area contributed by atoms with E-state index in [4.69, 9.17) is 14.7 Å². The van der Waals surface area contributed by atoms with Crippen LogP contribution in [0.4, 0.5) is 5.82 Å². The molecule has 2 aromatic heterocycles. The average Bonchev–Trinajstić information content (AvgIpc) is 3.60. The smallest absolute Gasteiger partial charge is 0.236 e. The number of halogens is 1. The van der Waals surface area contributed by atoms with Crippen LogP contribution in [-0.2, 0) is 6.42 Å². The first kappa shape index (κ1) is 19.1. The van der Waals surface area contributed by atoms with Gasteiger partial charge in [-0.2, -0.15) is 0 Å². The number of imidazole rings is 1. The SMILES string of the molecule is CCc1nc2c(-c3c(Br)cc(C)cc3OC)nccn2c1[N+](C)(C1CC1)C1CC1. The van der Waals surface area contributed by atoms with Gasteiger partial charge in [-0.1, -0.05) is 6.92 Å². The van der Waals surface area contributed by atoms with Crippen LogP contribution in [0.1, 0.15) is 43.9 Å². The molecule has 152 valence electrons. The molecule has 0 bridgehead atoms. The maximum absolute atomic E-state index is 5.73. The zero-order valence-corrected chi connectivity index (χ0v) is 19.2. The molecule has 5 rings (SSSR count). The summed E-state index contributed by atoms with van der Waals surface area (Å²) in [5.74, 6) is 2.18. The molecule has 0 atom stereocenters. The molecular weight excluding hydrogens is 428 g/mol. The number of hydrogen-bond acceptors (Lipinski definition) is 3. The van der Waals surface area contributed by atoms with Crippen LogP contribution in [0.2, 0.25) is 0 Å². The second kappa shape index (κ2) is 6.81. The number of benzene rings is 1. The van der Waals surface area contributed by atoms with E-state index in [2.05, 4.69) is 59.6 Å². The molecule has 29 heavy (non-hydrogen) atoms. The van der Waals surface area contributed by atoms with Gasteiger partial charge in [0.15, 0.2) is 5.65 Å². The number of methoxy groups -OCH3 is 1. The summed E-state index contributed by atoms with van der Waals surface area (Å²) in [6.45, 7) is 4.28. The summed E-state index contributed by atoms with van der Waals surface area (Å²) in [5.41, 5.74) is 5.11. The minimum absolute atomic E-state index is 0.727. The Bertz CT molecular complexity index is 1090. The van der Waals surface area contributed by atoms with Crippen LogP contribution >= 0.6 is 15.9 Å². The van der Waals surface area contributed by atoms with Gasteiger partial charge in [0.05, 0.1) is 31.8 Å². The Hall–Kier alpha value is -1.92. The summed E-state index contributed by atoms with van der Waals surface area (Å²) in [7, 11) is 4.15. The largest absolute Gasteiger partial charge is 0.496 e. The van der Waals surface area contributed by atoms with E-state index in [0.717, 1.165) is 55.7 Å². The van der Waals surface area contributed by atoms with E-state index in [-0.39, 0.29) is 0 Å². The molecule has 2 fully saturated rings. The van der Waals surface area contributed by atoms with Crippen molar-refractivity contribution in [2.75, 3.05) is 14.2 Å². The van der Waals surface area contributed by atoms with Gasteiger partial charge in [0, 0.05) is 42.5 Å². The standard InChI is InChI=1S/C23H28BrN4O/c1-5-18-23(28(3,15-6-7-15)16-8-9-16)27-11-10-25-21(22(27)26-18)20-17(24)12-14(2)13-19(20)29-4/h10-13,15-16H,5-9H2,1-4H3/q+1. The number of fused-ring (bicyclic) bond motifs is 1. The predicted octanol–water partition coefficient (Wildman–Crippen LogP) is 5.30. The van der Waals surface area contributed by atoms with Crippen LogP contribution in [0.3, 0.4) is 0 Å². The molecule has 2 aliphatic rings. The Morgan fingerprint density at radius 3 is 2.48 bits per heavy atom. The van der Waals surface area contributed by atoms with Gasteiger partial charge in [-0.05, 0) is 47.0 Å². The van der Waals surface area contributed by atoms with Crippen molar-refractivity contribution in [3.63, 3.8) is 0 Å². The highest BCUT2D eigenvalue weighted by Gasteiger charge is 2.55. The second-order valence-corrected chi connectivity index (χ2v) is 9.49. The lowest BCUT2D eigenvalue weighted by molar-refractivity contribution is 0.297. The molecule has 0 saturated heterocycles. The highest BCUT2D eigenvalue weighted by Crippen LogP contribution is 2.49. The third-order valence-corrected chi connectivity index (χ3v) is 7.27. The Morgan fingerprint density at radius 2 is 1.90 bits per heavy atom. The number of rotatable bonds is 6. The summed E-state index contributed by atoms with van der Waals surface area (Å²) >= 11 is 3.75. The molecule has 3 aromatic rings.